The smallest absolute Gasteiger partial charge is 0.261 e. The zero-order valence-corrected chi connectivity index (χ0v) is 16.0. The van der Waals surface area contributed by atoms with E-state index in [1.165, 1.54) is 10.9 Å². The number of aromatic hydroxyl groups is 1. The van der Waals surface area contributed by atoms with Crippen LogP contribution >= 0.6 is 0 Å². The van der Waals surface area contributed by atoms with Gasteiger partial charge in [0.05, 0.1) is 23.3 Å². The largest absolute Gasteiger partial charge is 0.508 e. The number of hydrogen-bond donors (Lipinski definition) is 1. The van der Waals surface area contributed by atoms with Gasteiger partial charge in [-0.25, -0.2) is 4.98 Å². The predicted octanol–water partition coefficient (Wildman–Crippen LogP) is 2.31. The van der Waals surface area contributed by atoms with Gasteiger partial charge >= 0.3 is 0 Å². The fourth-order valence-corrected chi connectivity index (χ4v) is 3.60. The molecule has 2 heterocycles. The third-order valence-corrected chi connectivity index (χ3v) is 5.19. The van der Waals surface area contributed by atoms with Gasteiger partial charge in [0.2, 0.25) is 5.91 Å². The molecule has 1 N–H and O–H groups in total. The van der Waals surface area contributed by atoms with Gasteiger partial charge < -0.3 is 14.7 Å². The molecule has 0 radical (unpaired) electrons. The van der Waals surface area contributed by atoms with Crippen molar-refractivity contribution in [2.45, 2.75) is 32.0 Å². The average Bonchev–Trinajstić information content (AvgIpc) is 3.24. The van der Waals surface area contributed by atoms with Gasteiger partial charge in [-0.05, 0) is 31.0 Å². The molecule has 7 nitrogen and oxygen atoms in total. The topological polar surface area (TPSA) is 84.7 Å². The number of benzene rings is 2. The Bertz CT molecular complexity index is 1070. The molecule has 2 aromatic carbocycles. The van der Waals surface area contributed by atoms with Crippen LogP contribution in [0.2, 0.25) is 0 Å². The fourth-order valence-electron chi connectivity index (χ4n) is 3.60. The maximum absolute atomic E-state index is 13.1. The molecule has 3 aromatic rings. The normalized spacial score (nSPS) is 16.2. The van der Waals surface area contributed by atoms with Gasteiger partial charge in [0.25, 0.3) is 5.56 Å². The maximum atomic E-state index is 13.1. The van der Waals surface area contributed by atoms with E-state index in [9.17, 15) is 14.7 Å². The van der Waals surface area contributed by atoms with Crippen molar-refractivity contribution in [1.82, 2.24) is 14.5 Å². The highest BCUT2D eigenvalue weighted by Gasteiger charge is 2.24. The van der Waals surface area contributed by atoms with Crippen LogP contribution in [0.4, 0.5) is 0 Å². The molecule has 1 amide bonds. The number of carbonyl (C=O) groups excluding carboxylic acids is 1. The minimum Gasteiger partial charge on any atom is -0.508 e. The summed E-state index contributed by atoms with van der Waals surface area (Å²) >= 11 is 0. The van der Waals surface area contributed by atoms with E-state index in [-0.39, 0.29) is 36.4 Å². The summed E-state index contributed by atoms with van der Waals surface area (Å²) in [5, 5.41) is 10.6. The van der Waals surface area contributed by atoms with Crippen molar-refractivity contribution in [3.63, 3.8) is 0 Å². The van der Waals surface area contributed by atoms with E-state index in [0.717, 1.165) is 12.8 Å². The van der Waals surface area contributed by atoms with Crippen molar-refractivity contribution in [2.75, 3.05) is 13.2 Å². The molecule has 4 rings (SSSR count). The molecule has 1 aromatic heterocycles. The molecule has 0 bridgehead atoms. The highest BCUT2D eigenvalue weighted by atomic mass is 16.5. The molecular weight excluding hydrogens is 370 g/mol. The van der Waals surface area contributed by atoms with Gasteiger partial charge in [-0.3, -0.25) is 14.2 Å². The summed E-state index contributed by atoms with van der Waals surface area (Å²) in [5.41, 5.74) is 1.01. The molecule has 0 saturated carbocycles. The SMILES string of the molecule is O=C(Cn1cnc2ccccc2c1=O)N(Cc1ccccc1O)CC1CCCO1. The van der Waals surface area contributed by atoms with Crippen LogP contribution in [0.25, 0.3) is 10.9 Å². The van der Waals surface area contributed by atoms with E-state index in [4.69, 9.17) is 4.74 Å². The van der Waals surface area contributed by atoms with Crippen LogP contribution in [0.3, 0.4) is 0 Å². The van der Waals surface area contributed by atoms with Crippen LogP contribution in [0.5, 0.6) is 5.75 Å². The van der Waals surface area contributed by atoms with Gasteiger partial charge in [0.15, 0.2) is 0 Å². The molecule has 150 valence electrons. The molecule has 1 aliphatic heterocycles. The van der Waals surface area contributed by atoms with Gasteiger partial charge in [-0.1, -0.05) is 30.3 Å². The number of rotatable bonds is 6. The van der Waals surface area contributed by atoms with Crippen molar-refractivity contribution in [3.8, 4) is 5.75 Å². The summed E-state index contributed by atoms with van der Waals surface area (Å²) in [6, 6.07) is 14.0. The maximum Gasteiger partial charge on any atom is 0.261 e. The minimum absolute atomic E-state index is 0.0312. The van der Waals surface area contributed by atoms with Gasteiger partial charge in [-0.15, -0.1) is 0 Å². The van der Waals surface area contributed by atoms with Crippen LogP contribution in [0.1, 0.15) is 18.4 Å². The highest BCUT2D eigenvalue weighted by Crippen LogP contribution is 2.20. The summed E-state index contributed by atoms with van der Waals surface area (Å²) in [6.07, 6.45) is 3.24. The van der Waals surface area contributed by atoms with E-state index in [1.807, 2.05) is 12.1 Å². The number of carbonyl (C=O) groups is 1. The first-order valence-corrected chi connectivity index (χ1v) is 9.72. The summed E-state index contributed by atoms with van der Waals surface area (Å²) in [4.78, 5) is 31.8. The number of aromatic nitrogens is 2. The Labute approximate surface area is 168 Å². The Morgan fingerprint density at radius 1 is 1.21 bits per heavy atom. The lowest BCUT2D eigenvalue weighted by atomic mass is 10.1. The molecule has 1 aliphatic rings. The molecule has 1 atom stereocenters. The molecular formula is C22H23N3O4. The number of phenols is 1. The van der Waals surface area contributed by atoms with Crippen LogP contribution in [0, 0.1) is 0 Å². The average molecular weight is 393 g/mol. The van der Waals surface area contributed by atoms with Crippen molar-refractivity contribution in [3.05, 3.63) is 70.8 Å². The van der Waals surface area contributed by atoms with E-state index in [2.05, 4.69) is 4.98 Å². The standard InChI is InChI=1S/C22H23N3O4/c26-20-10-4-1-6-16(20)12-24(13-17-7-5-11-29-17)21(27)14-25-15-23-19-9-3-2-8-18(19)22(25)28/h1-4,6,8-10,15,17,26H,5,7,11-14H2. The molecule has 7 heteroatoms. The van der Waals surface area contributed by atoms with Crippen molar-refractivity contribution < 1.29 is 14.6 Å². The number of ether oxygens (including phenoxy) is 1. The zero-order chi connectivity index (χ0) is 20.2. The summed E-state index contributed by atoms with van der Waals surface area (Å²) in [7, 11) is 0. The fraction of sp³-hybridized carbons (Fsp3) is 0.318. The van der Waals surface area contributed by atoms with Crippen LogP contribution in [-0.2, 0) is 22.6 Å². The number of nitrogens with zero attached hydrogens (tertiary/aromatic N) is 3. The predicted molar refractivity (Wildman–Crippen MR) is 109 cm³/mol. The number of para-hydroxylation sites is 2. The lowest BCUT2D eigenvalue weighted by molar-refractivity contribution is -0.134. The van der Waals surface area contributed by atoms with Crippen LogP contribution < -0.4 is 5.56 Å². The van der Waals surface area contributed by atoms with Crippen molar-refractivity contribution in [1.29, 1.82) is 0 Å². The third kappa shape index (κ3) is 4.30. The zero-order valence-electron chi connectivity index (χ0n) is 16.0. The van der Waals surface area contributed by atoms with Crippen LogP contribution in [-0.4, -0.2) is 44.7 Å². The molecule has 1 fully saturated rings. The Morgan fingerprint density at radius 2 is 2.00 bits per heavy atom. The third-order valence-electron chi connectivity index (χ3n) is 5.19. The molecule has 0 spiro atoms. The first kappa shape index (κ1) is 19.1. The van der Waals surface area contributed by atoms with Crippen LogP contribution in [0.15, 0.2) is 59.7 Å². The Morgan fingerprint density at radius 3 is 2.79 bits per heavy atom. The Kier molecular flexibility index (Phi) is 5.57. The monoisotopic (exact) mass is 393 g/mol. The van der Waals surface area contributed by atoms with E-state index >= 15 is 0 Å². The Hall–Kier alpha value is -3.19. The molecule has 1 saturated heterocycles. The highest BCUT2D eigenvalue weighted by molar-refractivity contribution is 5.79. The Balaban J connectivity index is 1.58. The van der Waals surface area contributed by atoms with Gasteiger partial charge in [0, 0.05) is 25.3 Å². The lowest BCUT2D eigenvalue weighted by Crippen LogP contribution is -2.40. The van der Waals surface area contributed by atoms with E-state index in [0.29, 0.717) is 29.6 Å². The number of hydrogen-bond acceptors (Lipinski definition) is 5. The quantitative estimate of drug-likeness (QED) is 0.695. The second-order valence-corrected chi connectivity index (χ2v) is 7.23. The number of amides is 1. The summed E-state index contributed by atoms with van der Waals surface area (Å²) in [6.45, 7) is 1.25. The number of phenolic OH excluding ortho intramolecular Hbond substituents is 1. The van der Waals surface area contributed by atoms with Crippen molar-refractivity contribution >= 4 is 16.8 Å². The summed E-state index contributed by atoms with van der Waals surface area (Å²) in [5.74, 6) is -0.0786. The summed E-state index contributed by atoms with van der Waals surface area (Å²) < 4.78 is 7.03. The lowest BCUT2D eigenvalue weighted by Gasteiger charge is -2.26. The first-order valence-electron chi connectivity index (χ1n) is 9.72. The first-order chi connectivity index (χ1) is 14.1. The minimum atomic E-state index is -0.247. The number of fused-ring (bicyclic) bond motifs is 1. The molecule has 1 unspecified atom stereocenters. The van der Waals surface area contributed by atoms with E-state index in [1.54, 1.807) is 41.3 Å². The van der Waals surface area contributed by atoms with Gasteiger partial charge in [-0.2, -0.15) is 0 Å². The van der Waals surface area contributed by atoms with Gasteiger partial charge in [0.1, 0.15) is 12.3 Å². The van der Waals surface area contributed by atoms with Crippen molar-refractivity contribution in [2.24, 2.45) is 0 Å². The molecule has 0 aliphatic carbocycles. The second kappa shape index (κ2) is 8.45. The van der Waals surface area contributed by atoms with E-state index < -0.39 is 0 Å². The molecule has 29 heavy (non-hydrogen) atoms. The second-order valence-electron chi connectivity index (χ2n) is 7.23.